The number of carbonyl (C=O) groups is 1. The van der Waals surface area contributed by atoms with Gasteiger partial charge in [-0.3, -0.25) is 4.79 Å². The molecule has 1 heterocycles. The molecule has 0 aromatic heterocycles. The molecule has 1 aliphatic heterocycles. The maximum absolute atomic E-state index is 12.7. The highest BCUT2D eigenvalue weighted by Crippen LogP contribution is 2.26. The molecule has 0 bridgehead atoms. The minimum absolute atomic E-state index is 0.115. The Hall–Kier alpha value is -1.71. The van der Waals surface area contributed by atoms with Gasteiger partial charge in [-0.25, -0.2) is 0 Å². The van der Waals surface area contributed by atoms with Gasteiger partial charge in [-0.15, -0.1) is 0 Å². The van der Waals surface area contributed by atoms with Crippen molar-refractivity contribution in [2.75, 3.05) is 30.3 Å². The normalized spacial score (nSPS) is 13.7. The van der Waals surface area contributed by atoms with Crippen molar-refractivity contribution in [1.29, 1.82) is 0 Å². The Morgan fingerprint density at radius 2 is 1.80 bits per heavy atom. The lowest BCUT2D eigenvalue weighted by molar-refractivity contribution is 0.0682. The first-order chi connectivity index (χ1) is 9.49. The summed E-state index contributed by atoms with van der Waals surface area (Å²) in [6, 6.07) is 6.07. The fraction of sp³-hybridized carbons (Fsp3) is 0.562. The van der Waals surface area contributed by atoms with Crippen LogP contribution in [0.3, 0.4) is 0 Å². The van der Waals surface area contributed by atoms with Gasteiger partial charge in [0.25, 0.3) is 5.91 Å². The van der Waals surface area contributed by atoms with Crippen molar-refractivity contribution in [3.63, 3.8) is 0 Å². The average molecular weight is 275 g/mol. The molecule has 0 unspecified atom stereocenters. The van der Waals surface area contributed by atoms with E-state index in [0.29, 0.717) is 5.92 Å². The second-order valence-corrected chi connectivity index (χ2v) is 6.06. The lowest BCUT2D eigenvalue weighted by Gasteiger charge is -2.29. The van der Waals surface area contributed by atoms with E-state index in [0.717, 1.165) is 36.6 Å². The molecule has 1 aromatic rings. The van der Waals surface area contributed by atoms with Gasteiger partial charge >= 0.3 is 0 Å². The molecule has 0 saturated carbocycles. The lowest BCUT2D eigenvalue weighted by atomic mass is 10.1. The topological polar surface area (TPSA) is 44.4 Å². The van der Waals surface area contributed by atoms with Crippen LogP contribution in [-0.2, 0) is 0 Å². The van der Waals surface area contributed by atoms with Crippen molar-refractivity contribution in [3.8, 4) is 0 Å². The predicted octanol–water partition coefficient (Wildman–Crippen LogP) is 3.03. The van der Waals surface area contributed by atoms with Crippen molar-refractivity contribution < 1.29 is 4.79 Å². The van der Waals surface area contributed by atoms with Gasteiger partial charge in [-0.05, 0) is 38.0 Å². The van der Waals surface area contributed by atoms with E-state index >= 15 is 0 Å². The summed E-state index contributed by atoms with van der Waals surface area (Å²) in [6.07, 6.45) is 0. The highest BCUT2D eigenvalue weighted by Gasteiger charge is 2.21. The summed E-state index contributed by atoms with van der Waals surface area (Å²) in [5.41, 5.74) is 2.86. The molecule has 1 aliphatic rings. The van der Waals surface area contributed by atoms with E-state index in [9.17, 15) is 4.79 Å². The van der Waals surface area contributed by atoms with E-state index in [1.165, 1.54) is 0 Å². The molecule has 4 nitrogen and oxygen atoms in total. The van der Waals surface area contributed by atoms with Gasteiger partial charge in [-0.2, -0.15) is 0 Å². The number of nitrogens with one attached hydrogen (secondary N) is 2. The molecular formula is C16H25N3O. The van der Waals surface area contributed by atoms with E-state index in [-0.39, 0.29) is 11.9 Å². The van der Waals surface area contributed by atoms with Gasteiger partial charge < -0.3 is 15.5 Å². The van der Waals surface area contributed by atoms with Crippen molar-refractivity contribution in [1.82, 2.24) is 4.90 Å². The van der Waals surface area contributed by atoms with Crippen LogP contribution in [-0.4, -0.2) is 36.5 Å². The van der Waals surface area contributed by atoms with Crippen LogP contribution < -0.4 is 10.6 Å². The Morgan fingerprint density at radius 3 is 2.40 bits per heavy atom. The number of benzene rings is 1. The van der Waals surface area contributed by atoms with Crippen LogP contribution >= 0.6 is 0 Å². The first kappa shape index (κ1) is 14.7. The third-order valence-corrected chi connectivity index (χ3v) is 3.47. The first-order valence-corrected chi connectivity index (χ1v) is 7.41. The van der Waals surface area contributed by atoms with Gasteiger partial charge in [0.2, 0.25) is 0 Å². The minimum atomic E-state index is 0.115. The lowest BCUT2D eigenvalue weighted by Crippen LogP contribution is -2.39. The van der Waals surface area contributed by atoms with Gasteiger partial charge in [0.1, 0.15) is 0 Å². The zero-order chi connectivity index (χ0) is 14.7. The molecule has 2 rings (SSSR count). The quantitative estimate of drug-likeness (QED) is 0.887. The van der Waals surface area contributed by atoms with Crippen LogP contribution in [0.1, 0.15) is 38.1 Å². The zero-order valence-corrected chi connectivity index (χ0v) is 12.9. The summed E-state index contributed by atoms with van der Waals surface area (Å²) >= 11 is 0. The SMILES string of the molecule is CC(C)CN(C(=O)c1ccc2c(c1)NCCN2)C(C)C. The molecule has 1 aromatic carbocycles. The fourth-order valence-electron chi connectivity index (χ4n) is 2.46. The van der Waals surface area contributed by atoms with Crippen LogP contribution in [0.4, 0.5) is 11.4 Å². The second-order valence-electron chi connectivity index (χ2n) is 6.06. The van der Waals surface area contributed by atoms with Crippen molar-refractivity contribution in [2.45, 2.75) is 33.7 Å². The summed E-state index contributed by atoms with van der Waals surface area (Å²) in [6.45, 7) is 11.0. The highest BCUT2D eigenvalue weighted by atomic mass is 16.2. The minimum Gasteiger partial charge on any atom is -0.382 e. The number of anilines is 2. The number of amides is 1. The molecule has 2 N–H and O–H groups in total. The highest BCUT2D eigenvalue weighted by molar-refractivity contribution is 5.96. The summed E-state index contributed by atoms with van der Waals surface area (Å²) in [7, 11) is 0. The number of fused-ring (bicyclic) bond motifs is 1. The molecule has 0 fully saturated rings. The molecular weight excluding hydrogens is 250 g/mol. The molecule has 4 heteroatoms. The molecule has 0 saturated heterocycles. The number of rotatable bonds is 4. The predicted molar refractivity (Wildman–Crippen MR) is 84.4 cm³/mol. The van der Waals surface area contributed by atoms with Gasteiger partial charge in [0.05, 0.1) is 11.4 Å². The van der Waals surface area contributed by atoms with Crippen LogP contribution in [0.5, 0.6) is 0 Å². The summed E-state index contributed by atoms with van der Waals surface area (Å²) in [4.78, 5) is 14.6. The Labute approximate surface area is 121 Å². The van der Waals surface area contributed by atoms with E-state index in [1.807, 2.05) is 23.1 Å². The second kappa shape index (κ2) is 6.16. The van der Waals surface area contributed by atoms with E-state index in [2.05, 4.69) is 38.3 Å². The van der Waals surface area contributed by atoms with Crippen LogP contribution in [0.15, 0.2) is 18.2 Å². The molecule has 20 heavy (non-hydrogen) atoms. The number of nitrogens with zero attached hydrogens (tertiary/aromatic N) is 1. The molecule has 0 spiro atoms. The van der Waals surface area contributed by atoms with E-state index < -0.39 is 0 Å². The summed E-state index contributed by atoms with van der Waals surface area (Å²) < 4.78 is 0. The Morgan fingerprint density at radius 1 is 1.15 bits per heavy atom. The van der Waals surface area contributed by atoms with Gasteiger partial charge in [0.15, 0.2) is 0 Å². The van der Waals surface area contributed by atoms with Gasteiger partial charge in [0, 0.05) is 31.2 Å². The largest absolute Gasteiger partial charge is 0.382 e. The zero-order valence-electron chi connectivity index (χ0n) is 12.9. The molecule has 0 aliphatic carbocycles. The average Bonchev–Trinajstić information content (AvgIpc) is 2.43. The molecule has 0 radical (unpaired) electrons. The Kier molecular flexibility index (Phi) is 4.53. The first-order valence-electron chi connectivity index (χ1n) is 7.41. The maximum Gasteiger partial charge on any atom is 0.254 e. The standard InChI is InChI=1S/C16H25N3O/c1-11(2)10-19(12(3)4)16(20)13-5-6-14-15(9-13)18-8-7-17-14/h5-6,9,11-12,17-18H,7-8,10H2,1-4H3. The monoisotopic (exact) mass is 275 g/mol. The number of hydrogen-bond donors (Lipinski definition) is 2. The summed E-state index contributed by atoms with van der Waals surface area (Å²) in [5, 5.41) is 6.66. The molecule has 110 valence electrons. The Balaban J connectivity index is 2.22. The van der Waals surface area contributed by atoms with Crippen molar-refractivity contribution >= 4 is 17.3 Å². The molecule has 1 amide bonds. The third kappa shape index (κ3) is 3.24. The van der Waals surface area contributed by atoms with E-state index in [4.69, 9.17) is 0 Å². The number of carbonyl (C=O) groups excluding carboxylic acids is 1. The summed E-state index contributed by atoms with van der Waals surface area (Å²) in [5.74, 6) is 0.586. The number of hydrogen-bond acceptors (Lipinski definition) is 3. The Bertz CT molecular complexity index is 483. The maximum atomic E-state index is 12.7. The van der Waals surface area contributed by atoms with Gasteiger partial charge in [-0.1, -0.05) is 13.8 Å². The van der Waals surface area contributed by atoms with Crippen LogP contribution in [0.25, 0.3) is 0 Å². The third-order valence-electron chi connectivity index (χ3n) is 3.47. The van der Waals surface area contributed by atoms with E-state index in [1.54, 1.807) is 0 Å². The van der Waals surface area contributed by atoms with Crippen molar-refractivity contribution in [3.05, 3.63) is 23.8 Å². The van der Waals surface area contributed by atoms with Crippen molar-refractivity contribution in [2.24, 2.45) is 5.92 Å². The fourth-order valence-corrected chi connectivity index (χ4v) is 2.46. The molecule has 0 atom stereocenters. The van der Waals surface area contributed by atoms with Crippen LogP contribution in [0.2, 0.25) is 0 Å². The smallest absolute Gasteiger partial charge is 0.254 e. The van der Waals surface area contributed by atoms with Crippen LogP contribution in [0, 0.1) is 5.92 Å².